The number of benzene rings is 3. The molecule has 1 unspecified atom stereocenters. The number of nitrogens with two attached hydrogens (primary N) is 1. The molecule has 4 rings (SSSR count). The van der Waals surface area contributed by atoms with Crippen molar-refractivity contribution in [3.05, 3.63) is 101 Å². The molecule has 0 saturated carbocycles. The molecular weight excluding hydrogens is 573 g/mol. The SMILES string of the molecule is NC(=S)NNC(=NS(=O)(=O)c1ccc(C(F)(F)F)cc1)N1CCC(c2ccccc2)C(c2ccc(Cl)cc2)=N1. The van der Waals surface area contributed by atoms with Crippen LogP contribution in [0.2, 0.25) is 5.02 Å². The molecule has 39 heavy (non-hydrogen) atoms. The zero-order chi connectivity index (χ0) is 28.2. The smallest absolute Gasteiger partial charge is 0.375 e. The number of alkyl halides is 3. The summed E-state index contributed by atoms with van der Waals surface area (Å²) >= 11 is 10.9. The van der Waals surface area contributed by atoms with E-state index < -0.39 is 26.7 Å². The van der Waals surface area contributed by atoms with Crippen LogP contribution in [-0.4, -0.2) is 36.8 Å². The summed E-state index contributed by atoms with van der Waals surface area (Å²) in [6.45, 7) is 0.240. The summed E-state index contributed by atoms with van der Waals surface area (Å²) in [6.07, 6.45) is -4.09. The van der Waals surface area contributed by atoms with E-state index in [0.717, 1.165) is 23.3 Å². The number of hydrogen-bond donors (Lipinski definition) is 3. The third-order valence-corrected chi connectivity index (χ3v) is 7.39. The predicted molar refractivity (Wildman–Crippen MR) is 148 cm³/mol. The Kier molecular flexibility index (Phi) is 8.42. The molecule has 204 valence electrons. The lowest BCUT2D eigenvalue weighted by Gasteiger charge is -2.32. The molecule has 0 aromatic heterocycles. The topological polar surface area (TPSA) is 112 Å². The number of halogens is 4. The maximum atomic E-state index is 13.1. The van der Waals surface area contributed by atoms with E-state index in [-0.39, 0.29) is 23.5 Å². The van der Waals surface area contributed by atoms with E-state index in [1.54, 1.807) is 24.3 Å². The van der Waals surface area contributed by atoms with E-state index >= 15 is 0 Å². The number of thiocarbonyl (C=S) groups is 1. The van der Waals surface area contributed by atoms with Crippen molar-refractivity contribution in [3.63, 3.8) is 0 Å². The van der Waals surface area contributed by atoms with Crippen molar-refractivity contribution in [1.29, 1.82) is 0 Å². The first-order chi connectivity index (χ1) is 18.4. The maximum Gasteiger partial charge on any atom is 0.416 e. The lowest BCUT2D eigenvalue weighted by atomic mass is 9.86. The Balaban J connectivity index is 1.76. The third-order valence-electron chi connectivity index (χ3n) is 5.76. The molecule has 4 N–H and O–H groups in total. The molecule has 3 aromatic rings. The monoisotopic (exact) mass is 594 g/mol. The Morgan fingerprint density at radius 2 is 1.67 bits per heavy atom. The van der Waals surface area contributed by atoms with E-state index in [0.29, 0.717) is 29.3 Å². The Morgan fingerprint density at radius 1 is 1.03 bits per heavy atom. The first-order valence-corrected chi connectivity index (χ1v) is 13.7. The summed E-state index contributed by atoms with van der Waals surface area (Å²) in [6, 6.07) is 19.7. The van der Waals surface area contributed by atoms with Crippen LogP contribution >= 0.6 is 23.8 Å². The number of guanidine groups is 1. The lowest BCUT2D eigenvalue weighted by Crippen LogP contribution is -2.51. The zero-order valence-corrected chi connectivity index (χ0v) is 22.4. The highest BCUT2D eigenvalue weighted by Crippen LogP contribution is 2.31. The van der Waals surface area contributed by atoms with Gasteiger partial charge in [0.05, 0.1) is 16.2 Å². The number of hydrazone groups is 1. The molecule has 8 nitrogen and oxygen atoms in total. The van der Waals surface area contributed by atoms with Gasteiger partial charge in [-0.2, -0.15) is 26.7 Å². The summed E-state index contributed by atoms with van der Waals surface area (Å²) in [5.41, 5.74) is 11.9. The van der Waals surface area contributed by atoms with Gasteiger partial charge in [0.1, 0.15) is 0 Å². The van der Waals surface area contributed by atoms with Crippen LogP contribution in [0.3, 0.4) is 0 Å². The number of hydrazine groups is 1. The van der Waals surface area contributed by atoms with Crippen molar-refractivity contribution in [2.45, 2.75) is 23.4 Å². The molecule has 0 radical (unpaired) electrons. The molecule has 1 aliphatic rings. The van der Waals surface area contributed by atoms with Crippen molar-refractivity contribution in [2.75, 3.05) is 6.54 Å². The van der Waals surface area contributed by atoms with Crippen LogP contribution in [0, 0.1) is 0 Å². The van der Waals surface area contributed by atoms with Crippen molar-refractivity contribution in [2.24, 2.45) is 15.2 Å². The van der Waals surface area contributed by atoms with Crippen molar-refractivity contribution in [1.82, 2.24) is 15.9 Å². The second-order valence-electron chi connectivity index (χ2n) is 8.39. The first kappa shape index (κ1) is 28.3. The van der Waals surface area contributed by atoms with Gasteiger partial charge in [0.2, 0.25) is 5.96 Å². The molecule has 0 spiro atoms. The summed E-state index contributed by atoms with van der Waals surface area (Å²) in [4.78, 5) is -0.439. The molecule has 0 bridgehead atoms. The largest absolute Gasteiger partial charge is 0.416 e. The highest BCUT2D eigenvalue weighted by atomic mass is 35.5. The summed E-state index contributed by atoms with van der Waals surface area (Å²) in [5.74, 6) is -0.402. The lowest BCUT2D eigenvalue weighted by molar-refractivity contribution is -0.137. The number of nitrogens with zero attached hydrogens (tertiary/aromatic N) is 3. The Labute approximate surface area is 233 Å². The molecular formula is C25H22ClF3N6O2S2. The molecule has 14 heteroatoms. The van der Waals surface area contributed by atoms with Gasteiger partial charge in [-0.1, -0.05) is 54.1 Å². The van der Waals surface area contributed by atoms with E-state index in [1.807, 2.05) is 30.3 Å². The molecule has 0 saturated heterocycles. The van der Waals surface area contributed by atoms with E-state index in [2.05, 4.69) is 15.2 Å². The maximum absolute atomic E-state index is 13.1. The fraction of sp³-hybridized carbons (Fsp3) is 0.160. The number of hydrogen-bond acceptors (Lipinski definition) is 4. The average molecular weight is 595 g/mol. The predicted octanol–water partition coefficient (Wildman–Crippen LogP) is 4.64. The van der Waals surface area contributed by atoms with Crippen molar-refractivity contribution in [3.8, 4) is 0 Å². The fourth-order valence-electron chi connectivity index (χ4n) is 3.91. The van der Waals surface area contributed by atoms with Crippen LogP contribution in [0.15, 0.2) is 93.3 Å². The van der Waals surface area contributed by atoms with E-state index in [1.165, 1.54) is 5.01 Å². The van der Waals surface area contributed by atoms with Gasteiger partial charge in [0.25, 0.3) is 10.0 Å². The molecule has 1 atom stereocenters. The highest BCUT2D eigenvalue weighted by molar-refractivity contribution is 7.90. The second-order valence-corrected chi connectivity index (χ2v) is 10.9. The molecule has 0 aliphatic carbocycles. The first-order valence-electron chi connectivity index (χ1n) is 11.4. The number of sulfonamides is 1. The zero-order valence-electron chi connectivity index (χ0n) is 20.1. The third kappa shape index (κ3) is 7.05. The van der Waals surface area contributed by atoms with E-state index in [9.17, 15) is 21.6 Å². The molecule has 3 aromatic carbocycles. The number of nitrogens with one attached hydrogen (secondary N) is 2. The van der Waals surface area contributed by atoms with Crippen LogP contribution in [-0.2, 0) is 16.2 Å². The molecule has 1 heterocycles. The van der Waals surface area contributed by atoms with Crippen LogP contribution < -0.4 is 16.6 Å². The average Bonchev–Trinajstić information content (AvgIpc) is 2.91. The van der Waals surface area contributed by atoms with Gasteiger partial charge < -0.3 is 5.73 Å². The Hall–Kier alpha value is -3.68. The molecule has 1 aliphatic heterocycles. The van der Waals surface area contributed by atoms with Crippen LogP contribution in [0.4, 0.5) is 13.2 Å². The van der Waals surface area contributed by atoms with Gasteiger partial charge in [0, 0.05) is 17.5 Å². The fourth-order valence-corrected chi connectivity index (χ4v) is 5.04. The quantitative estimate of drug-likeness (QED) is 0.175. The van der Waals surface area contributed by atoms with Crippen molar-refractivity contribution < 1.29 is 21.6 Å². The highest BCUT2D eigenvalue weighted by Gasteiger charge is 2.32. The van der Waals surface area contributed by atoms with Gasteiger partial charge in [-0.15, -0.1) is 4.40 Å². The molecule has 0 fully saturated rings. The van der Waals surface area contributed by atoms with Gasteiger partial charge in [-0.3, -0.25) is 10.9 Å². The molecule has 0 amide bonds. The van der Waals surface area contributed by atoms with Gasteiger partial charge in [0.15, 0.2) is 5.11 Å². The normalized spacial score (nSPS) is 16.4. The minimum atomic E-state index is -4.62. The standard InChI is InChI=1S/C25H22ClF3N6O2S2/c26-19-10-6-17(7-11-19)22-21(16-4-2-1-3-5-16)14-15-35(33-22)24(32-31-23(30)38)34-39(36,37)20-12-8-18(9-13-20)25(27,28)29/h1-13,21H,14-15H2,(H,32,34)(H3,30,31,38). The summed E-state index contributed by atoms with van der Waals surface area (Å²) < 4.78 is 68.8. The minimum Gasteiger partial charge on any atom is -0.375 e. The Morgan fingerprint density at radius 3 is 2.26 bits per heavy atom. The van der Waals surface area contributed by atoms with Crippen LogP contribution in [0.5, 0.6) is 0 Å². The second kappa shape index (κ2) is 11.6. The van der Waals surface area contributed by atoms with E-state index in [4.69, 9.17) is 34.7 Å². The Bertz CT molecular complexity index is 1500. The van der Waals surface area contributed by atoms with Crippen LogP contribution in [0.25, 0.3) is 0 Å². The minimum absolute atomic E-state index is 0.125. The van der Waals surface area contributed by atoms with Gasteiger partial charge >= 0.3 is 6.18 Å². The summed E-state index contributed by atoms with van der Waals surface area (Å²) in [7, 11) is -4.47. The van der Waals surface area contributed by atoms with Crippen LogP contribution in [0.1, 0.15) is 29.0 Å². The number of rotatable bonds is 4. The van der Waals surface area contributed by atoms with Gasteiger partial charge in [-0.25, -0.2) is 5.01 Å². The van der Waals surface area contributed by atoms with Gasteiger partial charge in [-0.05, 0) is 66.2 Å². The van der Waals surface area contributed by atoms with Crippen molar-refractivity contribution >= 4 is 50.6 Å². The summed E-state index contributed by atoms with van der Waals surface area (Å²) in [5, 5.41) is 6.39.